The third kappa shape index (κ3) is 3.19. The highest BCUT2D eigenvalue weighted by Gasteiger charge is 2.39. The summed E-state index contributed by atoms with van der Waals surface area (Å²) in [4.78, 5) is 0.171. The first-order chi connectivity index (χ1) is 10.5. The van der Waals surface area contributed by atoms with Crippen molar-refractivity contribution in [1.29, 1.82) is 0 Å². The van der Waals surface area contributed by atoms with Crippen molar-refractivity contribution in [3.05, 3.63) is 36.9 Å². The van der Waals surface area contributed by atoms with Gasteiger partial charge in [-0.2, -0.15) is 4.31 Å². The standard InChI is InChI=1S/C16H23NO4S/c1-3-9-16(13-18)10-6-11-17(12-16)22(19,20)15-8-5-4-7-14(15)21-2/h3-5,7-8,18H,1,6,9-13H2,2H3/t16-/m1/s1. The fourth-order valence-corrected chi connectivity index (χ4v) is 4.75. The van der Waals surface area contributed by atoms with Crippen molar-refractivity contribution >= 4 is 10.0 Å². The third-order valence-electron chi connectivity index (χ3n) is 4.23. The topological polar surface area (TPSA) is 66.8 Å². The molecule has 1 aromatic rings. The number of allylic oxidation sites excluding steroid dienone is 1. The molecule has 5 nitrogen and oxygen atoms in total. The van der Waals surface area contributed by atoms with Crippen LogP contribution in [0, 0.1) is 5.41 Å². The Bertz CT molecular complexity index is 629. The van der Waals surface area contributed by atoms with Crippen LogP contribution in [-0.2, 0) is 10.0 Å². The lowest BCUT2D eigenvalue weighted by Crippen LogP contribution is -2.47. The van der Waals surface area contributed by atoms with E-state index in [1.165, 1.54) is 11.4 Å². The lowest BCUT2D eigenvalue weighted by atomic mass is 9.79. The quantitative estimate of drug-likeness (QED) is 0.813. The van der Waals surface area contributed by atoms with Crippen LogP contribution >= 0.6 is 0 Å². The van der Waals surface area contributed by atoms with Gasteiger partial charge in [0.2, 0.25) is 10.0 Å². The highest BCUT2D eigenvalue weighted by Crippen LogP contribution is 2.37. The fourth-order valence-electron chi connectivity index (χ4n) is 3.01. The summed E-state index contributed by atoms with van der Waals surface area (Å²) in [5, 5.41) is 9.73. The van der Waals surface area contributed by atoms with Crippen molar-refractivity contribution < 1.29 is 18.3 Å². The summed E-state index contributed by atoms with van der Waals surface area (Å²) < 4.78 is 32.5. The first-order valence-corrected chi connectivity index (χ1v) is 8.78. The monoisotopic (exact) mass is 325 g/mol. The number of aliphatic hydroxyl groups excluding tert-OH is 1. The fraction of sp³-hybridized carbons (Fsp3) is 0.500. The molecule has 1 fully saturated rings. The average Bonchev–Trinajstić information content (AvgIpc) is 2.55. The maximum atomic E-state index is 12.9. The van der Waals surface area contributed by atoms with E-state index >= 15 is 0 Å². The number of benzene rings is 1. The maximum absolute atomic E-state index is 12.9. The lowest BCUT2D eigenvalue weighted by Gasteiger charge is -2.40. The first-order valence-electron chi connectivity index (χ1n) is 7.34. The highest BCUT2D eigenvalue weighted by molar-refractivity contribution is 7.89. The van der Waals surface area contributed by atoms with Gasteiger partial charge in [0.1, 0.15) is 10.6 Å². The van der Waals surface area contributed by atoms with Crippen LogP contribution in [0.4, 0.5) is 0 Å². The number of hydrogen-bond acceptors (Lipinski definition) is 4. The van der Waals surface area contributed by atoms with Gasteiger partial charge in [-0.05, 0) is 31.4 Å². The summed E-state index contributed by atoms with van der Waals surface area (Å²) in [5.41, 5.74) is -0.435. The molecule has 0 bridgehead atoms. The molecule has 122 valence electrons. The Morgan fingerprint density at radius 1 is 1.45 bits per heavy atom. The third-order valence-corrected chi connectivity index (χ3v) is 6.11. The minimum Gasteiger partial charge on any atom is -0.495 e. The molecule has 2 rings (SSSR count). The summed E-state index contributed by atoms with van der Waals surface area (Å²) in [7, 11) is -2.18. The van der Waals surface area contributed by atoms with Crippen LogP contribution in [0.15, 0.2) is 41.8 Å². The molecule has 1 heterocycles. The van der Waals surface area contributed by atoms with E-state index in [-0.39, 0.29) is 11.5 Å². The second kappa shape index (κ2) is 6.81. The van der Waals surface area contributed by atoms with Crippen molar-refractivity contribution in [2.24, 2.45) is 5.41 Å². The molecule has 0 amide bonds. The molecule has 22 heavy (non-hydrogen) atoms. The smallest absolute Gasteiger partial charge is 0.246 e. The van der Waals surface area contributed by atoms with E-state index in [9.17, 15) is 13.5 Å². The molecule has 1 atom stereocenters. The summed E-state index contributed by atoms with van der Waals surface area (Å²) in [6, 6.07) is 6.61. The van der Waals surface area contributed by atoms with Gasteiger partial charge < -0.3 is 9.84 Å². The zero-order valence-corrected chi connectivity index (χ0v) is 13.7. The number of methoxy groups -OCH3 is 1. The minimum atomic E-state index is -3.64. The average molecular weight is 325 g/mol. The molecule has 1 N–H and O–H groups in total. The number of aliphatic hydroxyl groups is 1. The molecule has 0 aliphatic carbocycles. The summed E-state index contributed by atoms with van der Waals surface area (Å²) in [5.74, 6) is 0.339. The van der Waals surface area contributed by atoms with Gasteiger partial charge in [0.15, 0.2) is 0 Å². The number of nitrogens with zero attached hydrogens (tertiary/aromatic N) is 1. The molecule has 0 unspecified atom stereocenters. The van der Waals surface area contributed by atoms with Gasteiger partial charge in [-0.25, -0.2) is 8.42 Å². The van der Waals surface area contributed by atoms with E-state index in [1.807, 2.05) is 0 Å². The van der Waals surface area contributed by atoms with Crippen molar-refractivity contribution in [3.8, 4) is 5.75 Å². The number of ether oxygens (including phenoxy) is 1. The van der Waals surface area contributed by atoms with Gasteiger partial charge in [0.25, 0.3) is 0 Å². The zero-order chi connectivity index (χ0) is 16.2. The number of sulfonamides is 1. The Morgan fingerprint density at radius 3 is 2.82 bits per heavy atom. The molecule has 6 heteroatoms. The van der Waals surface area contributed by atoms with Crippen molar-refractivity contribution in [3.63, 3.8) is 0 Å². The van der Waals surface area contributed by atoms with Crippen LogP contribution < -0.4 is 4.74 Å². The molecule has 0 aromatic heterocycles. The Kier molecular flexibility index (Phi) is 5.26. The van der Waals surface area contributed by atoms with Gasteiger partial charge in [-0.1, -0.05) is 18.2 Å². The minimum absolute atomic E-state index is 0.0447. The lowest BCUT2D eigenvalue weighted by molar-refractivity contribution is 0.0669. The Morgan fingerprint density at radius 2 is 2.18 bits per heavy atom. The summed E-state index contributed by atoms with van der Waals surface area (Å²) >= 11 is 0. The van der Waals surface area contributed by atoms with Crippen molar-refractivity contribution in [2.45, 2.75) is 24.2 Å². The van der Waals surface area contributed by atoms with E-state index in [4.69, 9.17) is 4.74 Å². The second-order valence-electron chi connectivity index (χ2n) is 5.74. The highest BCUT2D eigenvalue weighted by atomic mass is 32.2. The molecule has 1 aromatic carbocycles. The van der Waals surface area contributed by atoms with Crippen LogP contribution in [0.3, 0.4) is 0 Å². The van der Waals surface area contributed by atoms with Gasteiger partial charge in [-0.15, -0.1) is 6.58 Å². The summed E-state index contributed by atoms with van der Waals surface area (Å²) in [6.07, 6.45) is 3.87. The molecule has 0 radical (unpaired) electrons. The Balaban J connectivity index is 2.35. The van der Waals surface area contributed by atoms with E-state index in [1.54, 1.807) is 30.3 Å². The van der Waals surface area contributed by atoms with E-state index in [0.717, 1.165) is 12.8 Å². The first kappa shape index (κ1) is 17.0. The van der Waals surface area contributed by atoms with E-state index in [0.29, 0.717) is 25.3 Å². The van der Waals surface area contributed by atoms with Gasteiger partial charge in [-0.3, -0.25) is 0 Å². The molecule has 0 spiro atoms. The van der Waals surface area contributed by atoms with Crippen LogP contribution in [0.5, 0.6) is 5.75 Å². The SMILES string of the molecule is C=CC[C@@]1(CO)CCCN(S(=O)(=O)c2ccccc2OC)C1. The number of rotatable bonds is 6. The normalized spacial score (nSPS) is 23.2. The molecule has 0 saturated carbocycles. The van der Waals surface area contributed by atoms with Crippen LogP contribution in [0.25, 0.3) is 0 Å². The molecule has 1 aliphatic rings. The molecule has 1 aliphatic heterocycles. The molecular weight excluding hydrogens is 302 g/mol. The molecular formula is C16H23NO4S. The van der Waals surface area contributed by atoms with E-state index < -0.39 is 15.4 Å². The predicted octanol–water partition coefficient (Wildman–Crippen LogP) is 2.03. The van der Waals surface area contributed by atoms with E-state index in [2.05, 4.69) is 6.58 Å². The van der Waals surface area contributed by atoms with Crippen molar-refractivity contribution in [2.75, 3.05) is 26.8 Å². The van der Waals surface area contributed by atoms with Gasteiger partial charge in [0, 0.05) is 18.5 Å². The van der Waals surface area contributed by atoms with Gasteiger partial charge >= 0.3 is 0 Å². The largest absolute Gasteiger partial charge is 0.495 e. The summed E-state index contributed by atoms with van der Waals surface area (Å²) in [6.45, 7) is 4.44. The van der Waals surface area contributed by atoms with Crippen LogP contribution in [0.1, 0.15) is 19.3 Å². The number of piperidine rings is 1. The zero-order valence-electron chi connectivity index (χ0n) is 12.9. The second-order valence-corrected chi connectivity index (χ2v) is 7.65. The predicted molar refractivity (Wildman–Crippen MR) is 85.3 cm³/mol. The van der Waals surface area contributed by atoms with Crippen molar-refractivity contribution in [1.82, 2.24) is 4.31 Å². The molecule has 1 saturated heterocycles. The number of hydrogen-bond donors (Lipinski definition) is 1. The van der Waals surface area contributed by atoms with Crippen LogP contribution in [0.2, 0.25) is 0 Å². The maximum Gasteiger partial charge on any atom is 0.246 e. The Hall–Kier alpha value is -1.37. The van der Waals surface area contributed by atoms with Crippen LogP contribution in [-0.4, -0.2) is 44.6 Å². The van der Waals surface area contributed by atoms with Gasteiger partial charge in [0.05, 0.1) is 13.7 Å². The Labute approximate surface area is 132 Å². The number of para-hydroxylation sites is 1.